The first-order valence-corrected chi connectivity index (χ1v) is 7.79. The lowest BCUT2D eigenvalue weighted by atomic mass is 10.1. The van der Waals surface area contributed by atoms with Gasteiger partial charge in [0, 0.05) is 20.7 Å². The first kappa shape index (κ1) is 15.6. The van der Waals surface area contributed by atoms with E-state index >= 15 is 0 Å². The average Bonchev–Trinajstić information content (AvgIpc) is 2.46. The van der Waals surface area contributed by atoms with Crippen LogP contribution in [0.1, 0.15) is 26.3 Å². The van der Waals surface area contributed by atoms with Crippen molar-refractivity contribution in [3.63, 3.8) is 0 Å². The number of halogens is 1. The number of nitrogens with two attached hydrogens (primary N) is 1. The summed E-state index contributed by atoms with van der Waals surface area (Å²) in [6, 6.07) is 12.3. The summed E-state index contributed by atoms with van der Waals surface area (Å²) in [5.41, 5.74) is 6.89. The number of thioether (sulfide) groups is 1. The lowest BCUT2D eigenvalue weighted by Crippen LogP contribution is -2.10. The zero-order valence-corrected chi connectivity index (χ0v) is 13.3. The molecule has 6 heteroatoms. The van der Waals surface area contributed by atoms with Crippen molar-refractivity contribution in [2.75, 3.05) is 0 Å². The number of rotatable bonds is 5. The number of carbonyl (C=O) groups excluding carboxylic acids is 1. The topological polar surface area (TPSA) is 80.4 Å². The minimum absolute atomic E-state index is 0.228. The number of carboxylic acid groups (broad SMARTS) is 1. The molecule has 0 aromatic heterocycles. The lowest BCUT2D eigenvalue weighted by molar-refractivity contribution is 0.0695. The highest BCUT2D eigenvalue weighted by atomic mass is 79.9. The van der Waals surface area contributed by atoms with Crippen LogP contribution in [-0.2, 0) is 5.75 Å². The predicted molar refractivity (Wildman–Crippen MR) is 85.6 cm³/mol. The second kappa shape index (κ2) is 6.78. The Bertz CT molecular complexity index is 703. The summed E-state index contributed by atoms with van der Waals surface area (Å²) in [5, 5.41) is 9.08. The van der Waals surface area contributed by atoms with Crippen molar-refractivity contribution in [3.05, 3.63) is 63.6 Å². The van der Waals surface area contributed by atoms with E-state index in [2.05, 4.69) is 15.9 Å². The van der Waals surface area contributed by atoms with Gasteiger partial charge in [0.25, 0.3) is 0 Å². The van der Waals surface area contributed by atoms with Crippen LogP contribution in [0.3, 0.4) is 0 Å². The van der Waals surface area contributed by atoms with E-state index in [0.717, 1.165) is 10.5 Å². The van der Waals surface area contributed by atoms with Gasteiger partial charge in [0.05, 0.1) is 5.56 Å². The van der Waals surface area contributed by atoms with E-state index in [1.807, 2.05) is 12.1 Å². The van der Waals surface area contributed by atoms with Crippen molar-refractivity contribution in [1.29, 1.82) is 0 Å². The predicted octanol–water partition coefficient (Wildman–Crippen LogP) is 3.54. The first-order valence-electron chi connectivity index (χ1n) is 6.02. The quantitative estimate of drug-likeness (QED) is 0.794. The molecule has 1 amide bonds. The number of primary amides is 1. The zero-order chi connectivity index (χ0) is 15.4. The Morgan fingerprint density at radius 2 is 1.95 bits per heavy atom. The van der Waals surface area contributed by atoms with E-state index in [4.69, 9.17) is 10.8 Å². The number of hydrogen-bond acceptors (Lipinski definition) is 3. The van der Waals surface area contributed by atoms with Crippen molar-refractivity contribution < 1.29 is 14.7 Å². The Hall–Kier alpha value is -1.79. The monoisotopic (exact) mass is 365 g/mol. The van der Waals surface area contributed by atoms with Crippen molar-refractivity contribution in [1.82, 2.24) is 0 Å². The molecule has 0 saturated heterocycles. The third-order valence-corrected chi connectivity index (χ3v) is 4.54. The maximum absolute atomic E-state index is 11.1. The Kier molecular flexibility index (Phi) is 5.03. The third-order valence-electron chi connectivity index (χ3n) is 2.79. The molecule has 0 bridgehead atoms. The summed E-state index contributed by atoms with van der Waals surface area (Å²) in [6.07, 6.45) is 0. The summed E-state index contributed by atoms with van der Waals surface area (Å²) >= 11 is 4.71. The van der Waals surface area contributed by atoms with Crippen molar-refractivity contribution in [2.45, 2.75) is 10.6 Å². The second-order valence-corrected chi connectivity index (χ2v) is 6.20. The summed E-state index contributed by atoms with van der Waals surface area (Å²) in [6.45, 7) is 0. The highest BCUT2D eigenvalue weighted by Crippen LogP contribution is 2.27. The van der Waals surface area contributed by atoms with Crippen LogP contribution in [0.15, 0.2) is 51.8 Å². The number of aromatic carboxylic acids is 1. The number of hydrogen-bond donors (Lipinski definition) is 2. The molecule has 0 spiro atoms. The Balaban J connectivity index is 2.13. The molecule has 0 aliphatic heterocycles. The van der Waals surface area contributed by atoms with Crippen LogP contribution in [0.5, 0.6) is 0 Å². The summed E-state index contributed by atoms with van der Waals surface area (Å²) in [4.78, 5) is 23.1. The van der Waals surface area contributed by atoms with Crippen LogP contribution in [-0.4, -0.2) is 17.0 Å². The van der Waals surface area contributed by atoms with Crippen LogP contribution in [0, 0.1) is 0 Å². The minimum atomic E-state index is -0.972. The molecule has 0 aliphatic rings. The lowest BCUT2D eigenvalue weighted by Gasteiger charge is -2.06. The smallest absolute Gasteiger partial charge is 0.336 e. The molecule has 0 saturated carbocycles. The standard InChI is InChI=1S/C15H12BrNO3S/c16-13-5-4-11(7-12(13)15(19)20)21-8-9-2-1-3-10(6-9)14(17)18/h1-7H,8H2,(H2,17,18)(H,19,20). The van der Waals surface area contributed by atoms with Gasteiger partial charge in [-0.2, -0.15) is 0 Å². The molecular formula is C15H12BrNO3S. The van der Waals surface area contributed by atoms with E-state index in [9.17, 15) is 9.59 Å². The molecule has 0 unspecified atom stereocenters. The Morgan fingerprint density at radius 3 is 2.62 bits per heavy atom. The molecule has 21 heavy (non-hydrogen) atoms. The van der Waals surface area contributed by atoms with Gasteiger partial charge in [0.15, 0.2) is 0 Å². The van der Waals surface area contributed by atoms with Crippen LogP contribution in [0.25, 0.3) is 0 Å². The van der Waals surface area contributed by atoms with E-state index < -0.39 is 11.9 Å². The normalized spacial score (nSPS) is 10.3. The molecule has 2 aromatic rings. The van der Waals surface area contributed by atoms with E-state index in [-0.39, 0.29) is 5.56 Å². The van der Waals surface area contributed by atoms with Crippen LogP contribution in [0.4, 0.5) is 0 Å². The molecule has 0 heterocycles. The number of carboxylic acids is 1. The maximum atomic E-state index is 11.1. The first-order chi connectivity index (χ1) is 9.97. The Labute approximate surface area is 134 Å². The molecule has 3 N–H and O–H groups in total. The summed E-state index contributed by atoms with van der Waals surface area (Å²) < 4.78 is 0.551. The van der Waals surface area contributed by atoms with E-state index in [1.165, 1.54) is 11.8 Å². The molecule has 2 rings (SSSR count). The van der Waals surface area contributed by atoms with E-state index in [1.54, 1.807) is 30.3 Å². The highest BCUT2D eigenvalue weighted by Gasteiger charge is 2.09. The van der Waals surface area contributed by atoms with Gasteiger partial charge in [-0.15, -0.1) is 11.8 Å². The van der Waals surface area contributed by atoms with E-state index in [0.29, 0.717) is 15.8 Å². The molecular weight excluding hydrogens is 354 g/mol. The van der Waals surface area contributed by atoms with Gasteiger partial charge in [-0.1, -0.05) is 12.1 Å². The van der Waals surface area contributed by atoms with Crippen molar-refractivity contribution >= 4 is 39.6 Å². The van der Waals surface area contributed by atoms with Gasteiger partial charge in [0.1, 0.15) is 0 Å². The molecule has 108 valence electrons. The number of amides is 1. The molecule has 2 aromatic carbocycles. The van der Waals surface area contributed by atoms with Gasteiger partial charge in [-0.3, -0.25) is 4.79 Å². The van der Waals surface area contributed by atoms with Gasteiger partial charge < -0.3 is 10.8 Å². The molecule has 4 nitrogen and oxygen atoms in total. The highest BCUT2D eigenvalue weighted by molar-refractivity contribution is 9.10. The summed E-state index contributed by atoms with van der Waals surface area (Å²) in [7, 11) is 0. The number of carbonyl (C=O) groups is 2. The van der Waals surface area contributed by atoms with Crippen LogP contribution < -0.4 is 5.73 Å². The Morgan fingerprint density at radius 1 is 1.19 bits per heavy atom. The van der Waals surface area contributed by atoms with Gasteiger partial charge in [-0.05, 0) is 51.8 Å². The fraction of sp³-hybridized carbons (Fsp3) is 0.0667. The minimum Gasteiger partial charge on any atom is -0.478 e. The molecule has 0 fully saturated rings. The van der Waals surface area contributed by atoms with Crippen LogP contribution in [0.2, 0.25) is 0 Å². The van der Waals surface area contributed by atoms with Crippen LogP contribution >= 0.6 is 27.7 Å². The second-order valence-electron chi connectivity index (χ2n) is 4.30. The fourth-order valence-corrected chi connectivity index (χ4v) is 3.03. The largest absolute Gasteiger partial charge is 0.478 e. The maximum Gasteiger partial charge on any atom is 0.336 e. The molecule has 0 atom stereocenters. The van der Waals surface area contributed by atoms with Crippen molar-refractivity contribution in [2.24, 2.45) is 5.73 Å². The van der Waals surface area contributed by atoms with Gasteiger partial charge >= 0.3 is 5.97 Å². The zero-order valence-electron chi connectivity index (χ0n) is 10.9. The van der Waals surface area contributed by atoms with Gasteiger partial charge in [-0.25, -0.2) is 4.79 Å². The average molecular weight is 366 g/mol. The number of benzene rings is 2. The van der Waals surface area contributed by atoms with Gasteiger partial charge in [0.2, 0.25) is 5.91 Å². The third kappa shape index (κ3) is 4.09. The fourth-order valence-electron chi connectivity index (χ4n) is 1.74. The summed E-state index contributed by atoms with van der Waals surface area (Å²) in [5.74, 6) is -0.805. The SMILES string of the molecule is NC(=O)c1cccc(CSc2ccc(Br)c(C(=O)O)c2)c1. The molecule has 0 radical (unpaired) electrons. The molecule has 0 aliphatic carbocycles. The van der Waals surface area contributed by atoms with Crippen molar-refractivity contribution in [3.8, 4) is 0 Å².